The van der Waals surface area contributed by atoms with Crippen molar-refractivity contribution in [1.82, 2.24) is 0 Å². The summed E-state index contributed by atoms with van der Waals surface area (Å²) in [6, 6.07) is 0. The van der Waals surface area contributed by atoms with Gasteiger partial charge in [-0.3, -0.25) is 37.3 Å². The highest BCUT2D eigenvalue weighted by molar-refractivity contribution is 7.47. The Morgan fingerprint density at radius 1 is 0.293 bits per heavy atom. The molecule has 0 heterocycles. The number of carbonyl (C=O) groups is 4. The summed E-state index contributed by atoms with van der Waals surface area (Å²) in [7, 11) is -9.88. The molecular weight excluding hydrogens is 1090 g/mol. The molecule has 0 aromatic rings. The second-order valence-corrected chi connectivity index (χ2v) is 25.7. The van der Waals surface area contributed by atoms with Crippen molar-refractivity contribution in [2.45, 2.75) is 341 Å². The van der Waals surface area contributed by atoms with Crippen LogP contribution in [0.1, 0.15) is 323 Å². The van der Waals surface area contributed by atoms with Crippen LogP contribution in [-0.2, 0) is 65.4 Å². The van der Waals surface area contributed by atoms with Crippen LogP contribution < -0.4 is 0 Å². The van der Waals surface area contributed by atoms with Crippen molar-refractivity contribution in [1.29, 1.82) is 0 Å². The number of hydrogen-bond acceptors (Lipinski definition) is 15. The van der Waals surface area contributed by atoms with Crippen LogP contribution in [0.4, 0.5) is 0 Å². The molecule has 0 aliphatic heterocycles. The number of carbonyl (C=O) groups excluding carboxylic acids is 4. The number of aliphatic hydroxyl groups is 1. The van der Waals surface area contributed by atoms with Gasteiger partial charge in [-0.1, -0.05) is 272 Å². The first-order chi connectivity index (χ1) is 39.7. The predicted octanol–water partition coefficient (Wildman–Crippen LogP) is 17.5. The van der Waals surface area contributed by atoms with Gasteiger partial charge in [-0.15, -0.1) is 0 Å². The summed E-state index contributed by atoms with van der Waals surface area (Å²) in [6.07, 6.45) is 43.0. The summed E-state index contributed by atoms with van der Waals surface area (Å²) in [6.45, 7) is 4.85. The van der Waals surface area contributed by atoms with Crippen LogP contribution in [0.3, 0.4) is 0 Å². The Hall–Kier alpha value is -1.94. The van der Waals surface area contributed by atoms with Crippen LogP contribution in [-0.4, -0.2) is 96.7 Å². The van der Waals surface area contributed by atoms with E-state index in [0.29, 0.717) is 25.7 Å². The number of aliphatic hydroxyl groups excluding tert-OH is 1. The third-order valence-corrected chi connectivity index (χ3v) is 16.5. The summed E-state index contributed by atoms with van der Waals surface area (Å²) in [5.74, 6) is -2.13. The summed E-state index contributed by atoms with van der Waals surface area (Å²) < 4.78 is 67.9. The fourth-order valence-electron chi connectivity index (χ4n) is 9.46. The van der Waals surface area contributed by atoms with E-state index >= 15 is 0 Å². The Balaban J connectivity index is 5.21. The highest BCUT2D eigenvalue weighted by Crippen LogP contribution is 2.45. The average molecular weight is 1210 g/mol. The lowest BCUT2D eigenvalue weighted by molar-refractivity contribution is -0.161. The largest absolute Gasteiger partial charge is 0.472 e. The molecule has 82 heavy (non-hydrogen) atoms. The molecule has 5 atom stereocenters. The van der Waals surface area contributed by atoms with E-state index in [-0.39, 0.29) is 25.7 Å². The highest BCUT2D eigenvalue weighted by atomic mass is 31.2. The molecule has 0 rings (SSSR count). The number of esters is 4. The molecule has 0 aliphatic carbocycles. The molecular formula is C63H122O17P2. The normalized spacial score (nSPS) is 14.2. The van der Waals surface area contributed by atoms with Crippen molar-refractivity contribution in [2.75, 3.05) is 39.6 Å². The fourth-order valence-corrected chi connectivity index (χ4v) is 11.0. The standard InChI is InChI=1S/C63H122O17P2/c1-5-9-13-17-21-24-27-30-32-36-40-44-48-61(66)74-54-59(80-63(68)50-46-42-38-34-31-28-25-22-18-14-10-6-2)56-78-82(71,72)76-52-57(64)51-75-81(69,70)77-55-58(53-73-60(65)47-43-39-35-20-16-12-8-4)79-62(67)49-45-41-37-33-29-26-23-19-15-11-7-3/h57-59,64H,5-56H2,1-4H3,(H,69,70)(H,71,72)/t57-,58+,59+/m0/s1. The van der Waals surface area contributed by atoms with Crippen LogP contribution in [0.25, 0.3) is 0 Å². The maximum atomic E-state index is 13.0. The highest BCUT2D eigenvalue weighted by Gasteiger charge is 2.30. The maximum absolute atomic E-state index is 13.0. The van der Waals surface area contributed by atoms with E-state index in [4.69, 9.17) is 37.0 Å². The van der Waals surface area contributed by atoms with Crippen LogP contribution in [0, 0.1) is 0 Å². The Labute approximate surface area is 498 Å². The lowest BCUT2D eigenvalue weighted by atomic mass is 10.0. The van der Waals surface area contributed by atoms with E-state index in [2.05, 4.69) is 27.7 Å². The molecule has 3 N–H and O–H groups in total. The first-order valence-corrected chi connectivity index (χ1v) is 36.3. The first-order valence-electron chi connectivity index (χ1n) is 33.3. The van der Waals surface area contributed by atoms with Gasteiger partial charge in [-0.05, 0) is 25.7 Å². The van der Waals surface area contributed by atoms with Gasteiger partial charge in [-0.2, -0.15) is 0 Å². The van der Waals surface area contributed by atoms with Crippen molar-refractivity contribution < 1.29 is 80.2 Å². The third kappa shape index (κ3) is 57.2. The van der Waals surface area contributed by atoms with E-state index in [0.717, 1.165) is 103 Å². The van der Waals surface area contributed by atoms with Crippen LogP contribution >= 0.6 is 15.6 Å². The number of rotatable bonds is 64. The van der Waals surface area contributed by atoms with Crippen molar-refractivity contribution in [2.24, 2.45) is 0 Å². The Kier molecular flexibility index (Phi) is 56.7. The number of ether oxygens (including phenoxy) is 4. The molecule has 0 amide bonds. The molecule has 0 radical (unpaired) electrons. The minimum atomic E-state index is -4.94. The molecule has 17 nitrogen and oxygen atoms in total. The molecule has 19 heteroatoms. The average Bonchev–Trinajstić information content (AvgIpc) is 3.45. The number of phosphoric acid groups is 2. The molecule has 0 aromatic carbocycles. The monoisotopic (exact) mass is 1210 g/mol. The molecule has 0 bridgehead atoms. The van der Waals surface area contributed by atoms with E-state index in [1.54, 1.807) is 0 Å². The summed E-state index contributed by atoms with van der Waals surface area (Å²) in [5.41, 5.74) is 0. The minimum absolute atomic E-state index is 0.107. The SMILES string of the molecule is CCCCCCCCCCCCCCC(=O)OC[C@H](COP(=O)(O)OC[C@@H](O)COP(=O)(O)OC[C@@H](COC(=O)CCCCCCCCC)OC(=O)CCCCCCCCCCCCC)OC(=O)CCCCCCCCCCCCCC. The minimum Gasteiger partial charge on any atom is -0.462 e. The fraction of sp³-hybridized carbons (Fsp3) is 0.937. The van der Waals surface area contributed by atoms with Crippen LogP contribution in [0.15, 0.2) is 0 Å². The van der Waals surface area contributed by atoms with Gasteiger partial charge in [0.1, 0.15) is 19.3 Å². The quantitative estimate of drug-likeness (QED) is 0.0222. The molecule has 0 aromatic heterocycles. The van der Waals surface area contributed by atoms with Gasteiger partial charge in [-0.25, -0.2) is 9.13 Å². The Morgan fingerprint density at radius 3 is 0.720 bits per heavy atom. The van der Waals surface area contributed by atoms with Crippen molar-refractivity contribution in [3.63, 3.8) is 0 Å². The van der Waals surface area contributed by atoms with E-state index < -0.39 is 97.5 Å². The molecule has 486 valence electrons. The molecule has 0 spiro atoms. The zero-order valence-corrected chi connectivity index (χ0v) is 54.2. The predicted molar refractivity (Wildman–Crippen MR) is 326 cm³/mol. The summed E-state index contributed by atoms with van der Waals surface area (Å²) in [5, 5.41) is 10.5. The molecule has 0 aliphatic rings. The van der Waals surface area contributed by atoms with E-state index in [1.807, 2.05) is 0 Å². The Bertz CT molecular complexity index is 1590. The van der Waals surface area contributed by atoms with Gasteiger partial charge < -0.3 is 33.8 Å². The van der Waals surface area contributed by atoms with Crippen LogP contribution in [0.5, 0.6) is 0 Å². The number of hydrogen-bond donors (Lipinski definition) is 3. The molecule has 0 saturated heterocycles. The number of phosphoric ester groups is 2. The lowest BCUT2D eigenvalue weighted by Crippen LogP contribution is -2.30. The Morgan fingerprint density at radius 2 is 0.488 bits per heavy atom. The van der Waals surface area contributed by atoms with Gasteiger partial charge >= 0.3 is 39.5 Å². The molecule has 0 fully saturated rings. The van der Waals surface area contributed by atoms with Gasteiger partial charge in [0.15, 0.2) is 12.2 Å². The van der Waals surface area contributed by atoms with E-state index in [9.17, 15) is 43.2 Å². The second kappa shape index (κ2) is 58.1. The summed E-state index contributed by atoms with van der Waals surface area (Å²) in [4.78, 5) is 72.1. The zero-order chi connectivity index (χ0) is 60.5. The van der Waals surface area contributed by atoms with Gasteiger partial charge in [0.2, 0.25) is 0 Å². The van der Waals surface area contributed by atoms with Gasteiger partial charge in [0.25, 0.3) is 0 Å². The van der Waals surface area contributed by atoms with E-state index in [1.165, 1.54) is 141 Å². The lowest BCUT2D eigenvalue weighted by Gasteiger charge is -2.21. The first kappa shape index (κ1) is 80.1. The van der Waals surface area contributed by atoms with Crippen molar-refractivity contribution in [3.8, 4) is 0 Å². The van der Waals surface area contributed by atoms with Gasteiger partial charge in [0, 0.05) is 25.7 Å². The second-order valence-electron chi connectivity index (χ2n) is 22.8. The van der Waals surface area contributed by atoms with Gasteiger partial charge in [0.05, 0.1) is 26.4 Å². The third-order valence-electron chi connectivity index (χ3n) is 14.6. The molecule has 2 unspecified atom stereocenters. The topological polar surface area (TPSA) is 237 Å². The molecule has 0 saturated carbocycles. The summed E-state index contributed by atoms with van der Waals surface area (Å²) >= 11 is 0. The van der Waals surface area contributed by atoms with Crippen LogP contribution in [0.2, 0.25) is 0 Å². The van der Waals surface area contributed by atoms with Crippen molar-refractivity contribution >= 4 is 39.5 Å². The zero-order valence-electron chi connectivity index (χ0n) is 52.5. The smallest absolute Gasteiger partial charge is 0.462 e. The number of unbranched alkanes of at least 4 members (excludes halogenated alkanes) is 38. The van der Waals surface area contributed by atoms with Crippen molar-refractivity contribution in [3.05, 3.63) is 0 Å². The maximum Gasteiger partial charge on any atom is 0.472 e.